The van der Waals surface area contributed by atoms with Gasteiger partial charge in [0.1, 0.15) is 5.75 Å². The van der Waals surface area contributed by atoms with E-state index in [1.807, 2.05) is 43.3 Å². The Bertz CT molecular complexity index is 945. The molecule has 3 rings (SSSR count). The molecule has 0 unspecified atom stereocenters. The number of methoxy groups -OCH3 is 1. The van der Waals surface area contributed by atoms with Gasteiger partial charge in [0.05, 0.1) is 17.4 Å². The molecule has 6 nitrogen and oxygen atoms in total. The van der Waals surface area contributed by atoms with Crippen molar-refractivity contribution in [2.75, 3.05) is 27.2 Å². The highest BCUT2D eigenvalue weighted by Crippen LogP contribution is 2.37. The third kappa shape index (κ3) is 4.16. The van der Waals surface area contributed by atoms with Gasteiger partial charge in [-0.3, -0.25) is 4.79 Å². The van der Waals surface area contributed by atoms with Gasteiger partial charge in [0.25, 0.3) is 0 Å². The molecule has 1 saturated heterocycles. The van der Waals surface area contributed by atoms with Gasteiger partial charge in [0.2, 0.25) is 15.9 Å². The normalized spacial score (nSPS) is 16.9. The molecule has 0 atom stereocenters. The Labute approximate surface area is 172 Å². The predicted molar refractivity (Wildman–Crippen MR) is 113 cm³/mol. The first-order chi connectivity index (χ1) is 13.9. The highest BCUT2D eigenvalue weighted by Gasteiger charge is 2.42. The number of nitrogens with zero attached hydrogens (tertiary/aromatic N) is 1. The number of ether oxygens (including phenoxy) is 1. The smallest absolute Gasteiger partial charge is 0.243 e. The van der Waals surface area contributed by atoms with Crippen LogP contribution in [0.25, 0.3) is 11.1 Å². The minimum absolute atomic E-state index is 0.000826. The van der Waals surface area contributed by atoms with Gasteiger partial charge in [-0.15, -0.1) is 0 Å². The number of nitrogens with one attached hydrogen (secondary N) is 1. The fourth-order valence-electron chi connectivity index (χ4n) is 3.91. The van der Waals surface area contributed by atoms with Gasteiger partial charge in [-0.1, -0.05) is 31.2 Å². The molecule has 2 aromatic rings. The number of benzene rings is 2. The molecule has 1 aliphatic rings. The van der Waals surface area contributed by atoms with Crippen LogP contribution in [0.5, 0.6) is 5.75 Å². The summed E-state index contributed by atoms with van der Waals surface area (Å²) >= 11 is 0. The van der Waals surface area contributed by atoms with Crippen molar-refractivity contribution in [3.05, 3.63) is 48.5 Å². The number of hydrogen-bond acceptors (Lipinski definition) is 4. The third-order valence-corrected chi connectivity index (χ3v) is 7.89. The highest BCUT2D eigenvalue weighted by molar-refractivity contribution is 7.89. The molecular weight excluding hydrogens is 388 g/mol. The van der Waals surface area contributed by atoms with Crippen LogP contribution >= 0.6 is 0 Å². The Hall–Kier alpha value is -2.38. The van der Waals surface area contributed by atoms with Crippen LogP contribution in [0, 0.1) is 5.41 Å². The summed E-state index contributed by atoms with van der Waals surface area (Å²) in [5.74, 6) is 0.777. The van der Waals surface area contributed by atoms with E-state index >= 15 is 0 Å². The summed E-state index contributed by atoms with van der Waals surface area (Å²) in [7, 11) is -0.329. The van der Waals surface area contributed by atoms with Crippen LogP contribution in [0.4, 0.5) is 0 Å². The van der Waals surface area contributed by atoms with E-state index in [9.17, 15) is 13.2 Å². The quantitative estimate of drug-likeness (QED) is 0.784. The van der Waals surface area contributed by atoms with Crippen molar-refractivity contribution in [3.63, 3.8) is 0 Å². The van der Waals surface area contributed by atoms with Crippen molar-refractivity contribution in [3.8, 4) is 16.9 Å². The summed E-state index contributed by atoms with van der Waals surface area (Å²) in [6.07, 6.45) is 1.77. The number of hydrogen-bond donors (Lipinski definition) is 1. The molecule has 0 bridgehead atoms. The summed E-state index contributed by atoms with van der Waals surface area (Å²) in [5, 5.41) is 2.73. The minimum Gasteiger partial charge on any atom is -0.497 e. The molecule has 0 aromatic heterocycles. The summed E-state index contributed by atoms with van der Waals surface area (Å²) in [6.45, 7) is 2.69. The van der Waals surface area contributed by atoms with Gasteiger partial charge in [0, 0.05) is 20.1 Å². The zero-order valence-electron chi connectivity index (χ0n) is 17.1. The lowest BCUT2D eigenvalue weighted by Gasteiger charge is -2.39. The van der Waals surface area contributed by atoms with E-state index in [0.717, 1.165) is 16.9 Å². The number of rotatable bonds is 6. The molecule has 7 heteroatoms. The Balaban J connectivity index is 1.75. The molecule has 0 spiro atoms. The number of piperidine rings is 1. The van der Waals surface area contributed by atoms with Gasteiger partial charge in [-0.2, -0.15) is 4.31 Å². The summed E-state index contributed by atoms with van der Waals surface area (Å²) in [6, 6.07) is 14.6. The van der Waals surface area contributed by atoms with E-state index in [2.05, 4.69) is 5.32 Å². The van der Waals surface area contributed by atoms with Gasteiger partial charge in [-0.25, -0.2) is 8.42 Å². The number of carbonyl (C=O) groups excluding carboxylic acids is 1. The van der Waals surface area contributed by atoms with Crippen LogP contribution in [-0.4, -0.2) is 45.9 Å². The molecule has 0 saturated carbocycles. The molecule has 1 heterocycles. The second kappa shape index (κ2) is 8.55. The number of carbonyl (C=O) groups is 1. The average Bonchev–Trinajstić information content (AvgIpc) is 2.78. The molecule has 156 valence electrons. The van der Waals surface area contributed by atoms with Crippen molar-refractivity contribution in [1.29, 1.82) is 0 Å². The van der Waals surface area contributed by atoms with Crippen LogP contribution in [0.15, 0.2) is 53.4 Å². The molecule has 29 heavy (non-hydrogen) atoms. The first kappa shape index (κ1) is 21.3. The van der Waals surface area contributed by atoms with Crippen molar-refractivity contribution in [1.82, 2.24) is 9.62 Å². The predicted octanol–water partition coefficient (Wildman–Crippen LogP) is 3.29. The molecule has 0 aliphatic carbocycles. The van der Waals surface area contributed by atoms with Crippen LogP contribution < -0.4 is 10.1 Å². The summed E-state index contributed by atoms with van der Waals surface area (Å²) in [4.78, 5) is 12.5. The van der Waals surface area contributed by atoms with Gasteiger partial charge in [-0.05, 0) is 54.7 Å². The van der Waals surface area contributed by atoms with Crippen LogP contribution in [0.1, 0.15) is 26.2 Å². The Morgan fingerprint density at radius 2 is 1.55 bits per heavy atom. The maximum absolute atomic E-state index is 13.1. The topological polar surface area (TPSA) is 75.7 Å². The van der Waals surface area contributed by atoms with Gasteiger partial charge >= 0.3 is 0 Å². The maximum Gasteiger partial charge on any atom is 0.243 e. The van der Waals surface area contributed by atoms with E-state index in [1.165, 1.54) is 4.31 Å². The lowest BCUT2D eigenvalue weighted by Crippen LogP contribution is -2.49. The maximum atomic E-state index is 13.1. The molecule has 0 radical (unpaired) electrons. The van der Waals surface area contributed by atoms with Crippen molar-refractivity contribution in [2.45, 2.75) is 31.1 Å². The Morgan fingerprint density at radius 1 is 1.03 bits per heavy atom. The molecule has 1 aliphatic heterocycles. The van der Waals surface area contributed by atoms with E-state index < -0.39 is 15.4 Å². The second-order valence-corrected chi connectivity index (χ2v) is 9.31. The van der Waals surface area contributed by atoms with E-state index in [-0.39, 0.29) is 10.8 Å². The number of amides is 1. The molecule has 2 aromatic carbocycles. The summed E-state index contributed by atoms with van der Waals surface area (Å²) in [5.41, 5.74) is 1.46. The first-order valence-electron chi connectivity index (χ1n) is 9.83. The average molecular weight is 417 g/mol. The van der Waals surface area contributed by atoms with Crippen molar-refractivity contribution in [2.24, 2.45) is 5.41 Å². The Kier molecular flexibility index (Phi) is 6.29. The molecule has 1 amide bonds. The SMILES string of the molecule is CCC1(C(=O)NC)CCN(S(=O)(=O)c2ccc(-c3ccc(OC)cc3)cc2)CC1. The Morgan fingerprint density at radius 3 is 2.00 bits per heavy atom. The number of sulfonamides is 1. The van der Waals surface area contributed by atoms with Crippen LogP contribution in [0.3, 0.4) is 0 Å². The van der Waals surface area contributed by atoms with Gasteiger partial charge < -0.3 is 10.1 Å². The van der Waals surface area contributed by atoms with E-state index in [0.29, 0.717) is 32.4 Å². The van der Waals surface area contributed by atoms with Crippen molar-refractivity contribution < 1.29 is 17.9 Å². The lowest BCUT2D eigenvalue weighted by molar-refractivity contribution is -0.133. The van der Waals surface area contributed by atoms with Gasteiger partial charge in [0.15, 0.2) is 0 Å². The standard InChI is InChI=1S/C22H28N2O4S/c1-4-22(21(25)23-2)13-15-24(16-14-22)29(26,27)20-11-7-18(8-12-20)17-5-9-19(28-3)10-6-17/h5-12H,4,13-16H2,1-3H3,(H,23,25). The fourth-order valence-corrected chi connectivity index (χ4v) is 5.35. The van der Waals surface area contributed by atoms with Crippen LogP contribution in [0.2, 0.25) is 0 Å². The van der Waals surface area contributed by atoms with Crippen LogP contribution in [-0.2, 0) is 14.8 Å². The monoisotopic (exact) mass is 416 g/mol. The largest absolute Gasteiger partial charge is 0.497 e. The molecule has 1 N–H and O–H groups in total. The second-order valence-electron chi connectivity index (χ2n) is 7.37. The molecule has 1 fully saturated rings. The zero-order chi connectivity index (χ0) is 21.1. The summed E-state index contributed by atoms with van der Waals surface area (Å²) < 4.78 is 32.8. The lowest BCUT2D eigenvalue weighted by atomic mass is 9.76. The van der Waals surface area contributed by atoms with E-state index in [1.54, 1.807) is 26.3 Å². The van der Waals surface area contributed by atoms with Crippen molar-refractivity contribution >= 4 is 15.9 Å². The first-order valence-corrected chi connectivity index (χ1v) is 11.3. The third-order valence-electron chi connectivity index (χ3n) is 5.98. The highest BCUT2D eigenvalue weighted by atomic mass is 32.2. The zero-order valence-corrected chi connectivity index (χ0v) is 18.0. The van der Waals surface area contributed by atoms with E-state index in [4.69, 9.17) is 4.74 Å². The minimum atomic E-state index is -3.58. The fraction of sp³-hybridized carbons (Fsp3) is 0.409. The molecular formula is C22H28N2O4S.